The van der Waals surface area contributed by atoms with E-state index < -0.39 is 15.9 Å². The standard InChI is InChI=1S/C16H18ClN3O4S.ClH/c17-14-4-3-12(19-16(21)11-7-13(9-18)24-10-11)8-15(14)25(22,23)20-5-1-2-6-20;/h3-4,7-8,10H,1-2,5-6,9,18H2,(H,19,21);1H. The molecule has 0 aliphatic carbocycles. The van der Waals surface area contributed by atoms with E-state index >= 15 is 0 Å². The predicted molar refractivity (Wildman–Crippen MR) is 101 cm³/mol. The molecule has 0 spiro atoms. The van der Waals surface area contributed by atoms with Crippen LogP contribution in [0.25, 0.3) is 0 Å². The topological polar surface area (TPSA) is 106 Å². The van der Waals surface area contributed by atoms with Gasteiger partial charge in [-0.25, -0.2) is 8.42 Å². The second-order valence-corrected chi connectivity index (χ2v) is 8.03. The van der Waals surface area contributed by atoms with E-state index in [1.807, 2.05) is 0 Å². The number of carbonyl (C=O) groups is 1. The van der Waals surface area contributed by atoms with Crippen LogP contribution in [0.15, 0.2) is 39.8 Å². The molecule has 1 amide bonds. The van der Waals surface area contributed by atoms with Gasteiger partial charge in [0.15, 0.2) is 0 Å². The molecule has 0 bridgehead atoms. The minimum atomic E-state index is -3.68. The first-order chi connectivity index (χ1) is 11.9. The number of hydrogen-bond donors (Lipinski definition) is 2. The molecule has 0 unspecified atom stereocenters. The van der Waals surface area contributed by atoms with E-state index in [0.29, 0.717) is 30.1 Å². The second kappa shape index (κ2) is 8.41. The van der Waals surface area contributed by atoms with Gasteiger partial charge in [0, 0.05) is 18.8 Å². The Labute approximate surface area is 162 Å². The van der Waals surface area contributed by atoms with Gasteiger partial charge in [0.25, 0.3) is 5.91 Å². The Hall–Kier alpha value is -1.58. The molecular weight excluding hydrogens is 401 g/mol. The first-order valence-corrected chi connectivity index (χ1v) is 9.62. The summed E-state index contributed by atoms with van der Waals surface area (Å²) in [7, 11) is -3.68. The van der Waals surface area contributed by atoms with Crippen LogP contribution in [0, 0.1) is 0 Å². The maximum Gasteiger partial charge on any atom is 0.258 e. The molecule has 0 saturated carbocycles. The lowest BCUT2D eigenvalue weighted by molar-refractivity contribution is 0.102. The van der Waals surface area contributed by atoms with Crippen LogP contribution in [0.5, 0.6) is 0 Å². The van der Waals surface area contributed by atoms with E-state index in [-0.39, 0.29) is 28.9 Å². The van der Waals surface area contributed by atoms with Crippen molar-refractivity contribution in [2.75, 3.05) is 18.4 Å². The van der Waals surface area contributed by atoms with Crippen molar-refractivity contribution in [2.24, 2.45) is 5.73 Å². The molecule has 26 heavy (non-hydrogen) atoms. The quantitative estimate of drug-likeness (QED) is 0.774. The van der Waals surface area contributed by atoms with E-state index in [2.05, 4.69) is 5.32 Å². The lowest BCUT2D eigenvalue weighted by Gasteiger charge is -2.17. The summed E-state index contributed by atoms with van der Waals surface area (Å²) in [6.07, 6.45) is 2.96. The van der Waals surface area contributed by atoms with E-state index in [1.54, 1.807) is 6.07 Å². The molecule has 1 fully saturated rings. The Morgan fingerprint density at radius 2 is 1.96 bits per heavy atom. The Morgan fingerprint density at radius 3 is 2.58 bits per heavy atom. The second-order valence-electron chi connectivity index (χ2n) is 5.72. The number of rotatable bonds is 5. The third-order valence-corrected chi connectivity index (χ3v) is 6.37. The van der Waals surface area contributed by atoms with Crippen molar-refractivity contribution in [1.82, 2.24) is 4.31 Å². The molecule has 1 aliphatic heterocycles. The fourth-order valence-corrected chi connectivity index (χ4v) is 4.67. The van der Waals surface area contributed by atoms with Crippen LogP contribution < -0.4 is 11.1 Å². The Bertz CT molecular complexity index is 893. The number of nitrogens with zero attached hydrogens (tertiary/aromatic N) is 1. The molecule has 2 heterocycles. The van der Waals surface area contributed by atoms with Crippen LogP contribution in [-0.2, 0) is 16.6 Å². The summed E-state index contributed by atoms with van der Waals surface area (Å²) in [6.45, 7) is 1.14. The van der Waals surface area contributed by atoms with E-state index in [4.69, 9.17) is 21.8 Å². The number of amides is 1. The average molecular weight is 420 g/mol. The Balaban J connectivity index is 0.00000243. The summed E-state index contributed by atoms with van der Waals surface area (Å²) < 4.78 is 31.9. The van der Waals surface area contributed by atoms with Crippen LogP contribution in [0.3, 0.4) is 0 Å². The number of carbonyl (C=O) groups excluding carboxylic acids is 1. The van der Waals surface area contributed by atoms with Gasteiger partial charge in [-0.15, -0.1) is 12.4 Å². The van der Waals surface area contributed by atoms with Crippen molar-refractivity contribution in [1.29, 1.82) is 0 Å². The average Bonchev–Trinajstić information content (AvgIpc) is 3.28. The van der Waals surface area contributed by atoms with Gasteiger partial charge in [0.1, 0.15) is 16.9 Å². The van der Waals surface area contributed by atoms with Crippen molar-refractivity contribution in [3.8, 4) is 0 Å². The van der Waals surface area contributed by atoms with Crippen molar-refractivity contribution in [3.05, 3.63) is 46.9 Å². The van der Waals surface area contributed by atoms with Crippen LogP contribution in [0.2, 0.25) is 5.02 Å². The highest BCUT2D eigenvalue weighted by Gasteiger charge is 2.29. The molecule has 10 heteroatoms. The Kier molecular flexibility index (Phi) is 6.70. The summed E-state index contributed by atoms with van der Waals surface area (Å²) in [5.74, 6) is 0.0637. The lowest BCUT2D eigenvalue weighted by atomic mass is 10.2. The smallest absolute Gasteiger partial charge is 0.258 e. The van der Waals surface area contributed by atoms with Gasteiger partial charge in [-0.2, -0.15) is 4.31 Å². The summed E-state index contributed by atoms with van der Waals surface area (Å²) in [5.41, 5.74) is 6.09. The van der Waals surface area contributed by atoms with E-state index in [1.165, 1.54) is 28.8 Å². The molecule has 1 aromatic carbocycles. The predicted octanol–water partition coefficient (Wildman–Crippen LogP) is 2.85. The number of sulfonamides is 1. The zero-order chi connectivity index (χ0) is 18.0. The maximum atomic E-state index is 12.7. The molecule has 0 atom stereocenters. The highest BCUT2D eigenvalue weighted by molar-refractivity contribution is 7.89. The molecule has 2 aromatic rings. The minimum Gasteiger partial charge on any atom is -0.467 e. The van der Waals surface area contributed by atoms with Gasteiger partial charge in [-0.05, 0) is 37.1 Å². The van der Waals surface area contributed by atoms with Crippen LogP contribution in [0.4, 0.5) is 5.69 Å². The van der Waals surface area contributed by atoms with Gasteiger partial charge >= 0.3 is 0 Å². The monoisotopic (exact) mass is 419 g/mol. The normalized spacial score (nSPS) is 14.8. The summed E-state index contributed by atoms with van der Waals surface area (Å²) in [5, 5.41) is 2.77. The summed E-state index contributed by atoms with van der Waals surface area (Å²) in [6, 6.07) is 5.92. The molecule has 1 aromatic heterocycles. The van der Waals surface area contributed by atoms with Gasteiger partial charge in [-0.3, -0.25) is 4.79 Å². The molecule has 3 rings (SSSR count). The fraction of sp³-hybridized carbons (Fsp3) is 0.312. The van der Waals surface area contributed by atoms with Crippen molar-refractivity contribution >= 4 is 45.6 Å². The molecule has 7 nitrogen and oxygen atoms in total. The summed E-state index contributed by atoms with van der Waals surface area (Å²) in [4.78, 5) is 12.2. The van der Waals surface area contributed by atoms with E-state index in [9.17, 15) is 13.2 Å². The zero-order valence-electron chi connectivity index (χ0n) is 13.8. The highest BCUT2D eigenvalue weighted by Crippen LogP contribution is 2.29. The molecule has 0 radical (unpaired) electrons. The third-order valence-electron chi connectivity index (χ3n) is 3.99. The molecule has 142 valence electrons. The molecule has 1 saturated heterocycles. The first-order valence-electron chi connectivity index (χ1n) is 7.80. The third kappa shape index (κ3) is 4.21. The summed E-state index contributed by atoms with van der Waals surface area (Å²) >= 11 is 6.09. The van der Waals surface area contributed by atoms with Crippen molar-refractivity contribution < 1.29 is 17.6 Å². The number of furan rings is 1. The number of halogens is 2. The Morgan fingerprint density at radius 1 is 1.27 bits per heavy atom. The highest BCUT2D eigenvalue weighted by atomic mass is 35.5. The van der Waals surface area contributed by atoms with Crippen molar-refractivity contribution in [3.63, 3.8) is 0 Å². The number of nitrogens with two attached hydrogens (primary N) is 1. The number of anilines is 1. The van der Waals surface area contributed by atoms with Crippen LogP contribution in [-0.4, -0.2) is 31.7 Å². The molecular formula is C16H19Cl2N3O4S. The SMILES string of the molecule is Cl.NCc1cc(C(=O)Nc2ccc(Cl)c(S(=O)(=O)N3CCCC3)c2)co1. The number of benzene rings is 1. The van der Waals surface area contributed by atoms with E-state index in [0.717, 1.165) is 12.8 Å². The van der Waals surface area contributed by atoms with Crippen LogP contribution >= 0.6 is 24.0 Å². The number of nitrogens with one attached hydrogen (secondary N) is 1. The minimum absolute atomic E-state index is 0. The largest absolute Gasteiger partial charge is 0.467 e. The van der Waals surface area contributed by atoms with Gasteiger partial charge in [0.2, 0.25) is 10.0 Å². The van der Waals surface area contributed by atoms with Gasteiger partial charge in [0.05, 0.1) is 17.1 Å². The van der Waals surface area contributed by atoms with Gasteiger partial charge < -0.3 is 15.5 Å². The van der Waals surface area contributed by atoms with Crippen molar-refractivity contribution in [2.45, 2.75) is 24.3 Å². The van der Waals surface area contributed by atoms with Crippen LogP contribution in [0.1, 0.15) is 29.0 Å². The lowest BCUT2D eigenvalue weighted by Crippen LogP contribution is -2.28. The maximum absolute atomic E-state index is 12.7. The first kappa shape index (κ1) is 20.7. The zero-order valence-corrected chi connectivity index (χ0v) is 16.2. The molecule has 3 N–H and O–H groups in total. The van der Waals surface area contributed by atoms with Gasteiger partial charge in [-0.1, -0.05) is 11.6 Å². The number of hydrogen-bond acceptors (Lipinski definition) is 5. The molecule has 1 aliphatic rings. The fourth-order valence-electron chi connectivity index (χ4n) is 2.66.